The fraction of sp³-hybridized carbons (Fsp3) is 0.0250. The molecule has 0 saturated carbocycles. The molecule has 0 unspecified atom stereocenters. The van der Waals surface area contributed by atoms with Crippen molar-refractivity contribution in [2.24, 2.45) is 0 Å². The molecule has 45 heteroatoms. The van der Waals surface area contributed by atoms with Crippen LogP contribution in [0.3, 0.4) is 0 Å². The van der Waals surface area contributed by atoms with Crippen LogP contribution >= 0.6 is 0 Å². The van der Waals surface area contributed by atoms with Gasteiger partial charge in [0.1, 0.15) is 0 Å². The van der Waals surface area contributed by atoms with E-state index in [1.807, 2.05) is 73.7 Å². The largest absolute Gasteiger partial charge is 0.488 e. The van der Waals surface area contributed by atoms with E-state index in [0.717, 1.165) is 68.3 Å². The second-order valence-corrected chi connectivity index (χ2v) is 28.3. The lowest BCUT2D eigenvalue weighted by Gasteiger charge is -2.37. The van der Waals surface area contributed by atoms with Crippen molar-refractivity contribution in [2.45, 2.75) is 12.3 Å². The molecule has 0 bridgehead atoms. The average molecular weight is 1690 g/mol. The predicted octanol–water partition coefficient (Wildman–Crippen LogP) is -13.3. The summed E-state index contributed by atoms with van der Waals surface area (Å²) < 4.78 is 0. The minimum atomic E-state index is -1.82. The van der Waals surface area contributed by atoms with E-state index < -0.39 is 112 Å². The van der Waals surface area contributed by atoms with Crippen molar-refractivity contribution in [1.29, 1.82) is 0 Å². The van der Waals surface area contributed by atoms with E-state index in [1.165, 1.54) is 24.3 Å². The average Bonchev–Trinajstić information content (AvgIpc) is 0.728. The summed E-state index contributed by atoms with van der Waals surface area (Å²) in [6, 6.07) is 83.2. The zero-order valence-corrected chi connectivity index (χ0v) is 66.4. The molecule has 13 rings (SSSR count). The quantitative estimate of drug-likeness (QED) is 0.0209. The standard InChI is InChI=1S/C25H24B4O8.C24H21B3O6.C12H12B2O4.C7H9BO2.C6H9B3O6.C6H8B2O4/c30-26(31)21-9-1-17(2-10-21)25(18-3-11-22(12-4-18)27(32)33,19-5-13-23(14-6-19)28(34)35)20-7-15-24(16-8-20)29(36)37;28-25(29)22-7-1-16(2-8-22)19-13-20(17-3-9-23(10-4-17)26(30)31)15-21(14-19)18-5-11-24(12-6-18)27(32)33;15-13(16)11-5-1-9(2-6-11)10-3-7-12(8-4-10)14(17)18;1-6-2-4-7(5-3-6)8(9)10;10-7(11)4-1-5(8(12)13)3-6(2-4)9(14)15;9-7(10)5-1-2-6(4-3-5)8(11)12/h1-16,30-37H;1-15,28-33H;1-8,15-18H;2-5,9-10H,1H3;1-3,10-15H;1-4,9-12H. The van der Waals surface area contributed by atoms with Crippen LogP contribution in [0.4, 0.5) is 0 Å². The Balaban J connectivity index is 0.000000198. The van der Waals surface area contributed by atoms with Crippen LogP contribution in [-0.2, 0) is 5.41 Å². The van der Waals surface area contributed by atoms with E-state index in [9.17, 15) is 70.3 Å². The maximum Gasteiger partial charge on any atom is 0.488 e. The first-order chi connectivity index (χ1) is 59.2. The molecule has 0 aliphatic rings. The van der Waals surface area contributed by atoms with Gasteiger partial charge in [0.25, 0.3) is 0 Å². The third-order valence-electron chi connectivity index (χ3n) is 19.7. The molecule has 0 saturated heterocycles. The summed E-state index contributed by atoms with van der Waals surface area (Å²) in [4.78, 5) is 0. The van der Waals surface area contributed by atoms with E-state index in [4.69, 9.17) is 80.4 Å². The normalized spacial score (nSPS) is 10.5. The number of hydrogen-bond donors (Lipinski definition) is 30. The molecular formula is C80H83B15O30. The zero-order valence-electron chi connectivity index (χ0n) is 66.4. The number of aryl methyl sites for hydroxylation is 1. The van der Waals surface area contributed by atoms with E-state index in [-0.39, 0.29) is 38.2 Å². The molecule has 0 aromatic heterocycles. The summed E-state index contributed by atoms with van der Waals surface area (Å²) in [6.45, 7) is 1.95. The van der Waals surface area contributed by atoms with Crippen LogP contribution in [0.1, 0.15) is 27.8 Å². The SMILES string of the molecule is Cc1ccc(B(O)O)cc1.OB(O)c1cc(B(O)O)cc(B(O)O)c1.OB(O)c1ccc(-c2cc(-c3ccc(B(O)O)cc3)cc(-c3ccc(B(O)O)cc3)c2)cc1.OB(O)c1ccc(-c2ccc(B(O)O)cc2)cc1.OB(O)c1ccc(B(O)O)cc1.OB(O)c1ccc(C(c2ccc(B(O)O)cc2)(c2ccc(B(O)O)cc2)c2ccc(B(O)O)cc2)cc1. The summed E-state index contributed by atoms with van der Waals surface area (Å²) in [5, 5.41) is 275. The van der Waals surface area contributed by atoms with Crippen molar-refractivity contribution in [3.8, 4) is 44.5 Å². The van der Waals surface area contributed by atoms with Gasteiger partial charge in [0.2, 0.25) is 0 Å². The molecule has 628 valence electrons. The number of hydrogen-bond acceptors (Lipinski definition) is 30. The Kier molecular flexibility index (Phi) is 37.8. The highest BCUT2D eigenvalue weighted by Crippen LogP contribution is 2.45. The summed E-state index contributed by atoms with van der Waals surface area (Å²) in [5.41, 5.74) is 14.3. The van der Waals surface area contributed by atoms with Crippen LogP contribution in [0.2, 0.25) is 0 Å². The monoisotopic (exact) mass is 1690 g/mol. The van der Waals surface area contributed by atoms with Gasteiger partial charge >= 0.3 is 107 Å². The van der Waals surface area contributed by atoms with Crippen molar-refractivity contribution >= 4 is 189 Å². The third-order valence-corrected chi connectivity index (χ3v) is 19.7. The minimum Gasteiger partial charge on any atom is -0.423 e. The molecule has 0 aliphatic carbocycles. The maximum absolute atomic E-state index is 9.63. The summed E-state index contributed by atoms with van der Waals surface area (Å²) in [5.74, 6) is 0. The van der Waals surface area contributed by atoms with E-state index in [2.05, 4.69) is 0 Å². The highest BCUT2D eigenvalue weighted by Gasteiger charge is 2.40. The van der Waals surface area contributed by atoms with Gasteiger partial charge in [0.15, 0.2) is 0 Å². The molecule has 0 spiro atoms. The van der Waals surface area contributed by atoms with Crippen LogP contribution in [0.15, 0.2) is 303 Å². The Morgan fingerprint density at radius 2 is 0.240 bits per heavy atom. The van der Waals surface area contributed by atoms with Crippen molar-refractivity contribution in [3.05, 3.63) is 331 Å². The Labute approximate surface area is 723 Å². The first-order valence-electron chi connectivity index (χ1n) is 38.1. The molecule has 0 radical (unpaired) electrons. The highest BCUT2D eigenvalue weighted by atomic mass is 16.4. The van der Waals surface area contributed by atoms with Crippen LogP contribution < -0.4 is 81.9 Å². The van der Waals surface area contributed by atoms with Gasteiger partial charge in [-0.25, -0.2) is 0 Å². The lowest BCUT2D eigenvalue weighted by Crippen LogP contribution is -2.45. The molecule has 0 fully saturated rings. The van der Waals surface area contributed by atoms with Crippen LogP contribution in [0.25, 0.3) is 44.5 Å². The zero-order chi connectivity index (χ0) is 91.7. The second kappa shape index (κ2) is 47.3. The molecule has 13 aromatic carbocycles. The first-order valence-corrected chi connectivity index (χ1v) is 38.1. The molecule has 0 atom stereocenters. The van der Waals surface area contributed by atoms with E-state index >= 15 is 0 Å². The van der Waals surface area contributed by atoms with Gasteiger partial charge in [0, 0.05) is 0 Å². The fourth-order valence-corrected chi connectivity index (χ4v) is 12.7. The molecule has 125 heavy (non-hydrogen) atoms. The smallest absolute Gasteiger partial charge is 0.423 e. The second-order valence-electron chi connectivity index (χ2n) is 28.3. The number of benzene rings is 13. The van der Waals surface area contributed by atoms with Gasteiger partial charge in [-0.2, -0.15) is 0 Å². The van der Waals surface area contributed by atoms with Crippen LogP contribution in [0, 0.1) is 6.92 Å². The summed E-state index contributed by atoms with van der Waals surface area (Å²) >= 11 is 0. The molecule has 30 nitrogen and oxygen atoms in total. The van der Waals surface area contributed by atoms with E-state index in [1.54, 1.807) is 194 Å². The summed E-state index contributed by atoms with van der Waals surface area (Å²) in [7, 11) is -24.0. The van der Waals surface area contributed by atoms with Gasteiger partial charge in [-0.3, -0.25) is 0 Å². The first kappa shape index (κ1) is 100. The third kappa shape index (κ3) is 28.3. The van der Waals surface area contributed by atoms with Crippen molar-refractivity contribution < 1.29 is 151 Å². The summed E-state index contributed by atoms with van der Waals surface area (Å²) in [6.07, 6.45) is 0. The Morgan fingerprint density at radius 1 is 0.128 bits per heavy atom. The van der Waals surface area contributed by atoms with E-state index in [0.29, 0.717) is 66.0 Å². The lowest BCUT2D eigenvalue weighted by atomic mass is 9.63. The van der Waals surface area contributed by atoms with Gasteiger partial charge < -0.3 is 151 Å². The highest BCUT2D eigenvalue weighted by molar-refractivity contribution is 6.67. The van der Waals surface area contributed by atoms with Crippen LogP contribution in [0.5, 0.6) is 0 Å². The van der Waals surface area contributed by atoms with Crippen molar-refractivity contribution in [1.82, 2.24) is 0 Å². The minimum absolute atomic E-state index is 0.0521. The van der Waals surface area contributed by atoms with Gasteiger partial charge in [-0.1, -0.05) is 291 Å². The Morgan fingerprint density at radius 3 is 0.376 bits per heavy atom. The number of rotatable bonds is 23. The lowest BCUT2D eigenvalue weighted by molar-refractivity contribution is 0.421. The van der Waals surface area contributed by atoms with Crippen molar-refractivity contribution in [2.75, 3.05) is 0 Å². The molecule has 30 N–H and O–H groups in total. The Hall–Kier alpha value is -10.4. The van der Waals surface area contributed by atoms with Gasteiger partial charge in [-0.15, -0.1) is 0 Å². The van der Waals surface area contributed by atoms with Gasteiger partial charge in [0.05, 0.1) is 5.41 Å². The Bertz CT molecular complexity index is 4920. The topological polar surface area (TPSA) is 607 Å². The molecule has 0 aliphatic heterocycles. The van der Waals surface area contributed by atoms with Crippen molar-refractivity contribution in [3.63, 3.8) is 0 Å². The van der Waals surface area contributed by atoms with Crippen LogP contribution in [-0.4, -0.2) is 257 Å². The molecule has 0 amide bonds. The fourth-order valence-electron chi connectivity index (χ4n) is 12.7. The molecule has 13 aromatic rings. The molecule has 0 heterocycles. The predicted molar refractivity (Wildman–Crippen MR) is 491 cm³/mol. The molecular weight excluding hydrogens is 1600 g/mol. The van der Waals surface area contributed by atoms with Gasteiger partial charge in [-0.05, 0) is 174 Å². The maximum atomic E-state index is 9.63.